The summed E-state index contributed by atoms with van der Waals surface area (Å²) in [6, 6.07) is 7.50. The molecule has 1 saturated heterocycles. The summed E-state index contributed by atoms with van der Waals surface area (Å²) >= 11 is 0. The van der Waals surface area contributed by atoms with Crippen LogP contribution >= 0.6 is 0 Å². The third-order valence-corrected chi connectivity index (χ3v) is 4.08. The van der Waals surface area contributed by atoms with Gasteiger partial charge in [0, 0.05) is 25.8 Å². The highest BCUT2D eigenvalue weighted by atomic mass is 19.3. The number of rotatable bonds is 5. The second-order valence-corrected chi connectivity index (χ2v) is 5.77. The van der Waals surface area contributed by atoms with E-state index in [0.29, 0.717) is 13.1 Å². The first kappa shape index (κ1) is 16.5. The lowest BCUT2D eigenvalue weighted by atomic mass is 10.1. The number of alkyl halides is 2. The molecule has 8 heteroatoms. The number of ether oxygens (including phenoxy) is 1. The molecular formula is C16H18F2N4O2. The summed E-state index contributed by atoms with van der Waals surface area (Å²) in [6.45, 7) is 0.366. The number of carbonyl (C=O) groups is 1. The van der Waals surface area contributed by atoms with E-state index in [0.717, 1.165) is 11.1 Å². The molecule has 0 aliphatic carbocycles. The minimum atomic E-state index is -3.09. The van der Waals surface area contributed by atoms with Crippen molar-refractivity contribution in [3.63, 3.8) is 0 Å². The van der Waals surface area contributed by atoms with Gasteiger partial charge in [-0.05, 0) is 6.42 Å². The van der Waals surface area contributed by atoms with Crippen molar-refractivity contribution < 1.29 is 18.3 Å². The highest BCUT2D eigenvalue weighted by Crippen LogP contribution is 2.29. The predicted molar refractivity (Wildman–Crippen MR) is 81.7 cm³/mol. The second kappa shape index (κ2) is 6.64. The highest BCUT2D eigenvalue weighted by Gasteiger charge is 2.33. The zero-order valence-electron chi connectivity index (χ0n) is 13.2. The molecule has 0 spiro atoms. The van der Waals surface area contributed by atoms with Gasteiger partial charge in [0.1, 0.15) is 6.54 Å². The molecule has 0 radical (unpaired) electrons. The SMILES string of the molecule is COC1CCN(C(=O)c2cn(CC(F)(F)c3ccccc3)nn2)C1. The summed E-state index contributed by atoms with van der Waals surface area (Å²) in [5.74, 6) is -3.41. The van der Waals surface area contributed by atoms with Crippen molar-refractivity contribution in [2.75, 3.05) is 20.2 Å². The molecule has 1 aromatic heterocycles. The molecule has 2 aromatic rings. The smallest absolute Gasteiger partial charge is 0.292 e. The van der Waals surface area contributed by atoms with Crippen molar-refractivity contribution >= 4 is 5.91 Å². The van der Waals surface area contributed by atoms with Crippen molar-refractivity contribution in [2.45, 2.75) is 25.0 Å². The molecule has 6 nitrogen and oxygen atoms in total. The summed E-state index contributed by atoms with van der Waals surface area (Å²) < 4.78 is 34.7. The number of benzene rings is 1. The van der Waals surface area contributed by atoms with Crippen molar-refractivity contribution in [2.24, 2.45) is 0 Å². The molecule has 1 unspecified atom stereocenters. The van der Waals surface area contributed by atoms with E-state index >= 15 is 0 Å². The topological polar surface area (TPSA) is 60.2 Å². The Bertz CT molecular complexity index is 705. The number of nitrogens with zero attached hydrogens (tertiary/aromatic N) is 4. The highest BCUT2D eigenvalue weighted by molar-refractivity contribution is 5.92. The minimum Gasteiger partial charge on any atom is -0.380 e. The van der Waals surface area contributed by atoms with Crippen LogP contribution in [-0.2, 0) is 17.2 Å². The average molecular weight is 336 g/mol. The summed E-state index contributed by atoms with van der Waals surface area (Å²) in [7, 11) is 1.60. The van der Waals surface area contributed by atoms with Gasteiger partial charge < -0.3 is 9.64 Å². The molecule has 1 fully saturated rings. The van der Waals surface area contributed by atoms with Crippen LogP contribution in [0.4, 0.5) is 8.78 Å². The van der Waals surface area contributed by atoms with Crippen LogP contribution in [0.15, 0.2) is 36.5 Å². The zero-order chi connectivity index (χ0) is 17.2. The normalized spacial score (nSPS) is 18.1. The average Bonchev–Trinajstić information content (AvgIpc) is 3.24. The molecule has 0 saturated carbocycles. The molecule has 1 aliphatic heterocycles. The van der Waals surface area contributed by atoms with Gasteiger partial charge in [-0.3, -0.25) is 4.79 Å². The summed E-state index contributed by atoms with van der Waals surface area (Å²) in [5.41, 5.74) is -0.0357. The Kier molecular flexibility index (Phi) is 4.57. The van der Waals surface area contributed by atoms with E-state index in [9.17, 15) is 13.6 Å². The molecule has 1 aromatic carbocycles. The number of halogens is 2. The van der Waals surface area contributed by atoms with Crippen molar-refractivity contribution in [1.82, 2.24) is 19.9 Å². The zero-order valence-corrected chi connectivity index (χ0v) is 13.2. The van der Waals surface area contributed by atoms with E-state index in [-0.39, 0.29) is 23.3 Å². The lowest BCUT2D eigenvalue weighted by Gasteiger charge is -2.16. The van der Waals surface area contributed by atoms with E-state index in [1.807, 2.05) is 0 Å². The number of hydrogen-bond acceptors (Lipinski definition) is 4. The molecule has 1 atom stereocenters. The van der Waals surface area contributed by atoms with E-state index in [1.54, 1.807) is 30.2 Å². The predicted octanol–water partition coefficient (Wildman–Crippen LogP) is 1.93. The van der Waals surface area contributed by atoms with Crippen molar-refractivity contribution in [3.05, 3.63) is 47.8 Å². The largest absolute Gasteiger partial charge is 0.380 e. The molecule has 0 bridgehead atoms. The summed E-state index contributed by atoms with van der Waals surface area (Å²) in [6.07, 6.45) is 2.02. The van der Waals surface area contributed by atoms with E-state index in [2.05, 4.69) is 10.3 Å². The van der Waals surface area contributed by atoms with Gasteiger partial charge in [0.15, 0.2) is 5.69 Å². The van der Waals surface area contributed by atoms with Gasteiger partial charge in [-0.25, -0.2) is 4.68 Å². The lowest BCUT2D eigenvalue weighted by Crippen LogP contribution is -2.30. The quantitative estimate of drug-likeness (QED) is 0.837. The van der Waals surface area contributed by atoms with Gasteiger partial charge in [0.25, 0.3) is 11.8 Å². The van der Waals surface area contributed by atoms with Gasteiger partial charge >= 0.3 is 0 Å². The Morgan fingerprint density at radius 1 is 1.38 bits per heavy atom. The fraction of sp³-hybridized carbons (Fsp3) is 0.438. The van der Waals surface area contributed by atoms with Gasteiger partial charge in [-0.1, -0.05) is 35.5 Å². The maximum Gasteiger partial charge on any atom is 0.292 e. The summed E-state index contributed by atoms with van der Waals surface area (Å²) in [4.78, 5) is 13.9. The number of hydrogen-bond donors (Lipinski definition) is 0. The van der Waals surface area contributed by atoms with Crippen LogP contribution < -0.4 is 0 Å². The molecule has 24 heavy (non-hydrogen) atoms. The number of likely N-dealkylation sites (tertiary alicyclic amines) is 1. The third kappa shape index (κ3) is 3.43. The van der Waals surface area contributed by atoms with Crippen molar-refractivity contribution in [3.8, 4) is 0 Å². The number of methoxy groups -OCH3 is 1. The van der Waals surface area contributed by atoms with Gasteiger partial charge in [0.2, 0.25) is 0 Å². The van der Waals surface area contributed by atoms with E-state index in [1.165, 1.54) is 18.3 Å². The van der Waals surface area contributed by atoms with Gasteiger partial charge in [-0.15, -0.1) is 5.10 Å². The standard InChI is InChI=1S/C16H18F2N4O2/c1-24-13-7-8-21(9-13)15(23)14-10-22(20-19-14)11-16(17,18)12-5-3-2-4-6-12/h2-6,10,13H,7-9,11H2,1H3. The van der Waals surface area contributed by atoms with Crippen molar-refractivity contribution in [1.29, 1.82) is 0 Å². The molecule has 1 aliphatic rings. The van der Waals surface area contributed by atoms with Crippen LogP contribution in [0.1, 0.15) is 22.5 Å². The third-order valence-electron chi connectivity index (χ3n) is 4.08. The Morgan fingerprint density at radius 2 is 2.12 bits per heavy atom. The van der Waals surface area contributed by atoms with Gasteiger partial charge in [0.05, 0.1) is 12.3 Å². The molecule has 3 rings (SSSR count). The number of aromatic nitrogens is 3. The minimum absolute atomic E-state index is 0.00593. The molecule has 0 N–H and O–H groups in total. The Hall–Kier alpha value is -2.35. The van der Waals surface area contributed by atoms with Crippen LogP contribution in [0.2, 0.25) is 0 Å². The maximum atomic E-state index is 14.2. The number of carbonyl (C=O) groups excluding carboxylic acids is 1. The maximum absolute atomic E-state index is 14.2. The number of amides is 1. The fourth-order valence-corrected chi connectivity index (χ4v) is 2.72. The Morgan fingerprint density at radius 3 is 2.79 bits per heavy atom. The van der Waals surface area contributed by atoms with Crippen LogP contribution in [0, 0.1) is 0 Å². The molecule has 1 amide bonds. The van der Waals surface area contributed by atoms with Crippen LogP contribution in [0.5, 0.6) is 0 Å². The Labute approximate surface area is 138 Å². The van der Waals surface area contributed by atoms with Gasteiger partial charge in [-0.2, -0.15) is 8.78 Å². The van der Waals surface area contributed by atoms with E-state index in [4.69, 9.17) is 4.74 Å². The van der Waals surface area contributed by atoms with Crippen LogP contribution in [-0.4, -0.2) is 52.1 Å². The lowest BCUT2D eigenvalue weighted by molar-refractivity contribution is -0.0258. The molecular weight excluding hydrogens is 318 g/mol. The second-order valence-electron chi connectivity index (χ2n) is 5.77. The first-order chi connectivity index (χ1) is 11.5. The van der Waals surface area contributed by atoms with Crippen LogP contribution in [0.25, 0.3) is 0 Å². The first-order valence-electron chi connectivity index (χ1n) is 7.65. The van der Waals surface area contributed by atoms with Crippen LogP contribution in [0.3, 0.4) is 0 Å². The van der Waals surface area contributed by atoms with E-state index < -0.39 is 12.5 Å². The first-order valence-corrected chi connectivity index (χ1v) is 7.65. The molecule has 128 valence electrons. The Balaban J connectivity index is 1.68. The summed E-state index contributed by atoms with van der Waals surface area (Å²) in [5, 5.41) is 7.40. The monoisotopic (exact) mass is 336 g/mol. The fourth-order valence-electron chi connectivity index (χ4n) is 2.72. The molecule has 2 heterocycles.